The number of likely N-dealkylation sites (tertiary alicyclic amines) is 1. The molecule has 9 heteroatoms. The summed E-state index contributed by atoms with van der Waals surface area (Å²) >= 11 is 0. The maximum absolute atomic E-state index is 13.0. The average Bonchev–Trinajstić information content (AvgIpc) is 3.42. The summed E-state index contributed by atoms with van der Waals surface area (Å²) < 4.78 is 1.89. The molecule has 1 aliphatic rings. The normalized spacial score (nSPS) is 20.4. The molecule has 3 rings (SSSR count). The van der Waals surface area contributed by atoms with Crippen molar-refractivity contribution < 1.29 is 19.8 Å². The lowest BCUT2D eigenvalue weighted by Crippen LogP contribution is -2.53. The minimum Gasteiger partial charge on any atom is -0.394 e. The molecule has 1 aromatic heterocycles. The Balaban J connectivity index is 1.73. The Morgan fingerprint density at radius 2 is 1.94 bits per heavy atom. The van der Waals surface area contributed by atoms with Gasteiger partial charge in [0.1, 0.15) is 6.04 Å². The molecule has 5 N–H and O–H groups in total. The third kappa shape index (κ3) is 5.01. The zero-order valence-corrected chi connectivity index (χ0v) is 18.8. The quantitative estimate of drug-likeness (QED) is 0.474. The van der Waals surface area contributed by atoms with E-state index in [9.17, 15) is 19.8 Å². The molecule has 0 saturated carbocycles. The zero-order chi connectivity index (χ0) is 23.4. The van der Waals surface area contributed by atoms with E-state index in [1.165, 1.54) is 4.90 Å². The standard InChI is InChI=1S/C23H33N5O4/c1-4-28-19(9-10-25-28)16-7-5-15(6-8-16)18(13-29)26-22(31)20-11-17(30)12-27(20)23(32)21(24)14(2)3/h5-10,14,17-18,20-21,29-30H,4,11-13,24H2,1-3H3,(H,26,31)/t17-,18-,20+,21+/m1/s1. The number of rotatable bonds is 8. The van der Waals surface area contributed by atoms with E-state index in [1.54, 1.807) is 6.20 Å². The van der Waals surface area contributed by atoms with Gasteiger partial charge < -0.3 is 26.2 Å². The number of nitrogens with one attached hydrogen (secondary N) is 1. The molecule has 1 aromatic carbocycles. The summed E-state index contributed by atoms with van der Waals surface area (Å²) in [5.41, 5.74) is 8.70. The molecule has 9 nitrogen and oxygen atoms in total. The summed E-state index contributed by atoms with van der Waals surface area (Å²) in [7, 11) is 0. The molecule has 2 aromatic rings. The molecule has 1 fully saturated rings. The van der Waals surface area contributed by atoms with Gasteiger partial charge in [-0.2, -0.15) is 5.10 Å². The predicted octanol–water partition coefficient (Wildman–Crippen LogP) is 0.665. The number of aliphatic hydroxyl groups excluding tert-OH is 2. The molecular formula is C23H33N5O4. The first-order chi connectivity index (χ1) is 15.3. The van der Waals surface area contributed by atoms with Gasteiger partial charge in [-0.05, 0) is 30.0 Å². The molecule has 4 atom stereocenters. The molecule has 2 amide bonds. The summed E-state index contributed by atoms with van der Waals surface area (Å²) in [4.78, 5) is 27.1. The van der Waals surface area contributed by atoms with E-state index in [0.717, 1.165) is 23.4 Å². The Hall–Kier alpha value is -2.75. The molecule has 174 valence electrons. The van der Waals surface area contributed by atoms with Crippen LogP contribution in [-0.4, -0.2) is 68.0 Å². The molecule has 0 bridgehead atoms. The SMILES string of the molecule is CCn1nccc1-c1ccc([C@@H](CO)NC(=O)[C@@H]2C[C@@H](O)CN2C(=O)[C@@H](N)C(C)C)cc1. The van der Waals surface area contributed by atoms with Crippen LogP contribution < -0.4 is 11.1 Å². The third-order valence-electron chi connectivity index (χ3n) is 5.99. The summed E-state index contributed by atoms with van der Waals surface area (Å²) in [5, 5.41) is 27.1. The van der Waals surface area contributed by atoms with E-state index in [4.69, 9.17) is 5.73 Å². The fraction of sp³-hybridized carbons (Fsp3) is 0.522. The van der Waals surface area contributed by atoms with Crippen molar-refractivity contribution in [3.63, 3.8) is 0 Å². The Labute approximate surface area is 188 Å². The maximum Gasteiger partial charge on any atom is 0.243 e. The Kier molecular flexibility index (Phi) is 7.65. The predicted molar refractivity (Wildman–Crippen MR) is 120 cm³/mol. The number of aliphatic hydroxyl groups is 2. The highest BCUT2D eigenvalue weighted by Gasteiger charge is 2.41. The Morgan fingerprint density at radius 3 is 2.53 bits per heavy atom. The lowest BCUT2D eigenvalue weighted by molar-refractivity contribution is -0.140. The van der Waals surface area contributed by atoms with Crippen LogP contribution in [0.25, 0.3) is 11.3 Å². The lowest BCUT2D eigenvalue weighted by atomic mass is 10.0. The van der Waals surface area contributed by atoms with Crippen LogP contribution in [0.5, 0.6) is 0 Å². The monoisotopic (exact) mass is 443 g/mol. The van der Waals surface area contributed by atoms with Gasteiger partial charge in [0.05, 0.1) is 30.5 Å². The second-order valence-corrected chi connectivity index (χ2v) is 8.56. The Bertz CT molecular complexity index is 927. The molecule has 32 heavy (non-hydrogen) atoms. The van der Waals surface area contributed by atoms with Crippen LogP contribution in [0.1, 0.15) is 38.8 Å². The molecular weight excluding hydrogens is 410 g/mol. The second-order valence-electron chi connectivity index (χ2n) is 8.56. The average molecular weight is 444 g/mol. The van der Waals surface area contributed by atoms with Crippen LogP contribution >= 0.6 is 0 Å². The lowest BCUT2D eigenvalue weighted by Gasteiger charge is -2.29. The molecule has 0 spiro atoms. The topological polar surface area (TPSA) is 134 Å². The fourth-order valence-corrected chi connectivity index (χ4v) is 4.00. The minimum absolute atomic E-state index is 0.0704. The number of β-amino-alcohol motifs (C(OH)–C–C–N with tert-alkyl or cyclic N) is 1. The van der Waals surface area contributed by atoms with Crippen molar-refractivity contribution in [2.75, 3.05) is 13.2 Å². The second kappa shape index (κ2) is 10.2. The summed E-state index contributed by atoms with van der Waals surface area (Å²) in [6, 6.07) is 7.27. The zero-order valence-electron chi connectivity index (χ0n) is 18.8. The van der Waals surface area contributed by atoms with Crippen molar-refractivity contribution in [3.05, 3.63) is 42.1 Å². The van der Waals surface area contributed by atoms with E-state index < -0.39 is 30.1 Å². The first-order valence-corrected chi connectivity index (χ1v) is 11.0. The van der Waals surface area contributed by atoms with Crippen molar-refractivity contribution >= 4 is 11.8 Å². The summed E-state index contributed by atoms with van der Waals surface area (Å²) in [6.07, 6.45) is 1.10. The fourth-order valence-electron chi connectivity index (χ4n) is 4.00. The van der Waals surface area contributed by atoms with E-state index in [1.807, 2.05) is 55.8 Å². The molecule has 1 saturated heterocycles. The molecule has 0 aliphatic carbocycles. The number of amides is 2. The number of nitrogens with two attached hydrogens (primary N) is 1. The van der Waals surface area contributed by atoms with E-state index in [2.05, 4.69) is 10.4 Å². The van der Waals surface area contributed by atoms with Gasteiger partial charge in [-0.25, -0.2) is 0 Å². The largest absolute Gasteiger partial charge is 0.394 e. The number of carbonyl (C=O) groups excluding carboxylic acids is 2. The highest BCUT2D eigenvalue weighted by molar-refractivity contribution is 5.90. The van der Waals surface area contributed by atoms with Crippen LogP contribution in [0.2, 0.25) is 0 Å². The van der Waals surface area contributed by atoms with Gasteiger partial charge in [-0.1, -0.05) is 38.1 Å². The Morgan fingerprint density at radius 1 is 1.25 bits per heavy atom. The number of aromatic nitrogens is 2. The van der Waals surface area contributed by atoms with Gasteiger partial charge in [0.25, 0.3) is 0 Å². The van der Waals surface area contributed by atoms with Gasteiger partial charge in [-0.3, -0.25) is 14.3 Å². The molecule has 0 radical (unpaired) electrons. The number of hydrogen-bond donors (Lipinski definition) is 4. The maximum atomic E-state index is 13.0. The van der Waals surface area contributed by atoms with Gasteiger partial charge in [-0.15, -0.1) is 0 Å². The van der Waals surface area contributed by atoms with Gasteiger partial charge in [0, 0.05) is 25.7 Å². The molecule has 2 heterocycles. The first kappa shape index (κ1) is 23.9. The van der Waals surface area contributed by atoms with Gasteiger partial charge in [0.15, 0.2) is 0 Å². The highest BCUT2D eigenvalue weighted by atomic mass is 16.3. The van der Waals surface area contributed by atoms with Crippen LogP contribution in [0.4, 0.5) is 0 Å². The third-order valence-corrected chi connectivity index (χ3v) is 5.99. The number of benzene rings is 1. The van der Waals surface area contributed by atoms with Crippen molar-refractivity contribution in [2.45, 2.75) is 58.0 Å². The first-order valence-electron chi connectivity index (χ1n) is 11.0. The highest BCUT2D eigenvalue weighted by Crippen LogP contribution is 2.24. The van der Waals surface area contributed by atoms with E-state index >= 15 is 0 Å². The summed E-state index contributed by atoms with van der Waals surface area (Å²) in [6.45, 7) is 6.21. The van der Waals surface area contributed by atoms with Gasteiger partial charge >= 0.3 is 0 Å². The minimum atomic E-state index is -0.825. The van der Waals surface area contributed by atoms with Crippen LogP contribution in [0, 0.1) is 5.92 Å². The van der Waals surface area contributed by atoms with Crippen molar-refractivity contribution in [2.24, 2.45) is 11.7 Å². The van der Waals surface area contributed by atoms with E-state index in [-0.39, 0.29) is 31.4 Å². The number of nitrogens with zero attached hydrogens (tertiary/aromatic N) is 3. The molecule has 1 aliphatic heterocycles. The number of carbonyl (C=O) groups is 2. The smallest absolute Gasteiger partial charge is 0.243 e. The van der Waals surface area contributed by atoms with Crippen LogP contribution in [-0.2, 0) is 16.1 Å². The van der Waals surface area contributed by atoms with Crippen LogP contribution in [0.15, 0.2) is 36.5 Å². The number of hydrogen-bond acceptors (Lipinski definition) is 6. The number of aryl methyl sites for hydroxylation is 1. The van der Waals surface area contributed by atoms with Crippen LogP contribution in [0.3, 0.4) is 0 Å². The van der Waals surface area contributed by atoms with Crippen molar-refractivity contribution in [3.8, 4) is 11.3 Å². The molecule has 0 unspecified atom stereocenters. The summed E-state index contributed by atoms with van der Waals surface area (Å²) in [5.74, 6) is -0.858. The van der Waals surface area contributed by atoms with E-state index in [0.29, 0.717) is 0 Å². The van der Waals surface area contributed by atoms with Gasteiger partial charge in [0.2, 0.25) is 11.8 Å². The van der Waals surface area contributed by atoms with Crippen molar-refractivity contribution in [1.29, 1.82) is 0 Å². The van der Waals surface area contributed by atoms with Crippen molar-refractivity contribution in [1.82, 2.24) is 20.0 Å².